The third-order valence-corrected chi connectivity index (χ3v) is 4.30. The van der Waals surface area contributed by atoms with Gasteiger partial charge in [0.25, 0.3) is 0 Å². The zero-order valence-electron chi connectivity index (χ0n) is 15.9. The van der Waals surface area contributed by atoms with E-state index in [-0.39, 0.29) is 0 Å². The fraction of sp³-hybridized carbons (Fsp3) is 0.211. The van der Waals surface area contributed by atoms with Gasteiger partial charge in [0.15, 0.2) is 5.82 Å². The highest BCUT2D eigenvalue weighted by molar-refractivity contribution is 7.71. The molecule has 0 aliphatic heterocycles. The number of nitrogens with zero attached hydrogens (tertiary/aromatic N) is 3. The molecule has 3 aromatic rings. The molecule has 0 aliphatic rings. The smallest absolute Gasteiger partial charge is 0.216 e. The van der Waals surface area contributed by atoms with Crippen molar-refractivity contribution in [1.29, 1.82) is 0 Å². The molecule has 0 saturated heterocycles. The molecule has 0 saturated carbocycles. The quantitative estimate of drug-likeness (QED) is 0.483. The molecule has 0 unspecified atom stereocenters. The Morgan fingerprint density at radius 2 is 1.64 bits per heavy atom. The van der Waals surface area contributed by atoms with E-state index in [0.29, 0.717) is 39.2 Å². The highest BCUT2D eigenvalue weighted by Crippen LogP contribution is 2.33. The van der Waals surface area contributed by atoms with Crippen molar-refractivity contribution in [2.75, 3.05) is 28.4 Å². The van der Waals surface area contributed by atoms with Gasteiger partial charge in [-0.15, -0.1) is 0 Å². The maximum Gasteiger partial charge on any atom is 0.216 e. The first-order valence-corrected chi connectivity index (χ1v) is 8.68. The van der Waals surface area contributed by atoms with Crippen LogP contribution in [0.2, 0.25) is 0 Å². The first kappa shape index (κ1) is 19.4. The summed E-state index contributed by atoms with van der Waals surface area (Å²) < 4.78 is 23.3. The average molecular weight is 400 g/mol. The number of ether oxygens (including phenoxy) is 4. The number of methoxy groups -OCH3 is 4. The Labute approximate surface area is 167 Å². The lowest BCUT2D eigenvalue weighted by Gasteiger charge is -2.12. The Kier molecular flexibility index (Phi) is 5.95. The van der Waals surface area contributed by atoms with Crippen molar-refractivity contribution < 1.29 is 18.9 Å². The molecule has 1 heterocycles. The monoisotopic (exact) mass is 400 g/mol. The van der Waals surface area contributed by atoms with Crippen molar-refractivity contribution in [2.45, 2.75) is 0 Å². The van der Waals surface area contributed by atoms with Gasteiger partial charge in [-0.25, -0.2) is 5.10 Å². The molecule has 8 nitrogen and oxygen atoms in total. The van der Waals surface area contributed by atoms with Crippen molar-refractivity contribution in [1.82, 2.24) is 14.9 Å². The maximum atomic E-state index is 5.45. The Bertz CT molecular complexity index is 1030. The van der Waals surface area contributed by atoms with E-state index < -0.39 is 0 Å². The second-order valence-corrected chi connectivity index (χ2v) is 5.97. The molecule has 0 aliphatic carbocycles. The molecule has 0 bridgehead atoms. The first-order valence-electron chi connectivity index (χ1n) is 8.27. The topological polar surface area (TPSA) is 82.9 Å². The Morgan fingerprint density at radius 3 is 2.25 bits per heavy atom. The largest absolute Gasteiger partial charge is 0.497 e. The van der Waals surface area contributed by atoms with Crippen LogP contribution < -0.4 is 18.9 Å². The summed E-state index contributed by atoms with van der Waals surface area (Å²) in [5.41, 5.74) is 1.45. The standard InChI is InChI=1S/C19H20N4O4S/c1-24-13-7-5-6-12(8-13)18-21-22-19(28)23(18)20-11-15-16(26-3)9-14(25-2)10-17(15)27-4/h5-11H,1-4H3,(H,22,28)/b20-11+. The number of aromatic nitrogens is 3. The minimum absolute atomic E-state index is 0.348. The lowest BCUT2D eigenvalue weighted by molar-refractivity contribution is 0.374. The van der Waals surface area contributed by atoms with Gasteiger partial charge in [-0.3, -0.25) is 0 Å². The molecular weight excluding hydrogens is 380 g/mol. The van der Waals surface area contributed by atoms with Crippen LogP contribution in [-0.2, 0) is 0 Å². The molecular formula is C19H20N4O4S. The van der Waals surface area contributed by atoms with Gasteiger partial charge in [-0.05, 0) is 24.4 Å². The fourth-order valence-corrected chi connectivity index (χ4v) is 2.80. The Balaban J connectivity index is 2.07. The molecule has 1 N–H and O–H groups in total. The highest BCUT2D eigenvalue weighted by Gasteiger charge is 2.13. The summed E-state index contributed by atoms with van der Waals surface area (Å²) in [4.78, 5) is 0. The molecule has 0 atom stereocenters. The van der Waals surface area contributed by atoms with Crippen molar-refractivity contribution in [3.05, 3.63) is 46.7 Å². The van der Waals surface area contributed by atoms with E-state index in [4.69, 9.17) is 31.2 Å². The third kappa shape index (κ3) is 3.84. The summed E-state index contributed by atoms with van der Waals surface area (Å²) in [5, 5.41) is 11.5. The third-order valence-electron chi connectivity index (χ3n) is 4.03. The van der Waals surface area contributed by atoms with Crippen molar-refractivity contribution >= 4 is 18.4 Å². The average Bonchev–Trinajstić information content (AvgIpc) is 3.11. The van der Waals surface area contributed by atoms with E-state index >= 15 is 0 Å². The second kappa shape index (κ2) is 8.57. The highest BCUT2D eigenvalue weighted by atomic mass is 32.1. The number of nitrogens with one attached hydrogen (secondary N) is 1. The first-order chi connectivity index (χ1) is 13.6. The van der Waals surface area contributed by atoms with E-state index in [9.17, 15) is 0 Å². The zero-order chi connectivity index (χ0) is 20.1. The minimum atomic E-state index is 0.348. The molecule has 2 aromatic carbocycles. The summed E-state index contributed by atoms with van der Waals surface area (Å²) in [6.45, 7) is 0. The molecule has 0 fully saturated rings. The summed E-state index contributed by atoms with van der Waals surface area (Å²) >= 11 is 5.33. The van der Waals surface area contributed by atoms with Crippen LogP contribution in [0.4, 0.5) is 0 Å². The normalized spacial score (nSPS) is 10.9. The van der Waals surface area contributed by atoms with E-state index in [1.54, 1.807) is 46.8 Å². The molecule has 28 heavy (non-hydrogen) atoms. The Hall–Kier alpha value is -3.33. The van der Waals surface area contributed by atoms with Crippen molar-refractivity contribution in [3.63, 3.8) is 0 Å². The van der Waals surface area contributed by atoms with Crippen LogP contribution in [0.5, 0.6) is 23.0 Å². The van der Waals surface area contributed by atoms with Crippen molar-refractivity contribution in [3.8, 4) is 34.4 Å². The minimum Gasteiger partial charge on any atom is -0.497 e. The van der Waals surface area contributed by atoms with E-state index in [1.165, 1.54) is 4.68 Å². The molecule has 3 rings (SSSR count). The molecule has 1 aromatic heterocycles. The summed E-state index contributed by atoms with van der Waals surface area (Å²) in [6, 6.07) is 11.0. The molecule has 9 heteroatoms. The molecule has 0 spiro atoms. The van der Waals surface area contributed by atoms with Crippen LogP contribution in [0.15, 0.2) is 41.5 Å². The van der Waals surface area contributed by atoms with Crippen LogP contribution in [0.25, 0.3) is 11.4 Å². The number of hydrogen-bond acceptors (Lipinski definition) is 7. The maximum absolute atomic E-state index is 5.45. The number of benzene rings is 2. The van der Waals surface area contributed by atoms with Gasteiger partial charge in [0, 0.05) is 17.7 Å². The fourth-order valence-electron chi connectivity index (χ4n) is 2.62. The van der Waals surface area contributed by atoms with E-state index in [0.717, 1.165) is 5.56 Å². The van der Waals surface area contributed by atoms with Crippen LogP contribution >= 0.6 is 12.2 Å². The number of aromatic amines is 1. The molecule has 146 valence electrons. The lowest BCUT2D eigenvalue weighted by Crippen LogP contribution is -2.00. The van der Waals surface area contributed by atoms with Crippen LogP contribution in [-0.4, -0.2) is 49.5 Å². The second-order valence-electron chi connectivity index (χ2n) is 5.59. The van der Waals surface area contributed by atoms with Gasteiger partial charge in [0.1, 0.15) is 23.0 Å². The Morgan fingerprint density at radius 1 is 0.964 bits per heavy atom. The number of rotatable bonds is 7. The number of H-pyrrole nitrogens is 1. The summed E-state index contributed by atoms with van der Waals surface area (Å²) in [6.07, 6.45) is 1.60. The predicted octanol–water partition coefficient (Wildman–Crippen LogP) is 3.52. The predicted molar refractivity (Wildman–Crippen MR) is 108 cm³/mol. The van der Waals surface area contributed by atoms with Gasteiger partial charge in [-0.1, -0.05) is 12.1 Å². The van der Waals surface area contributed by atoms with Gasteiger partial charge in [0.2, 0.25) is 4.77 Å². The molecule has 0 radical (unpaired) electrons. The SMILES string of the molecule is COc1cccc(-c2n[nH]c(=S)n2/N=C/c2c(OC)cc(OC)cc2OC)c1. The van der Waals surface area contributed by atoms with E-state index in [2.05, 4.69) is 15.3 Å². The van der Waals surface area contributed by atoms with Gasteiger partial charge in [-0.2, -0.15) is 14.9 Å². The van der Waals surface area contributed by atoms with Crippen LogP contribution in [0.3, 0.4) is 0 Å². The molecule has 0 amide bonds. The van der Waals surface area contributed by atoms with Crippen LogP contribution in [0, 0.1) is 4.77 Å². The summed E-state index contributed by atoms with van der Waals surface area (Å²) in [7, 11) is 6.32. The van der Waals surface area contributed by atoms with E-state index in [1.807, 2.05) is 24.3 Å². The van der Waals surface area contributed by atoms with Crippen LogP contribution in [0.1, 0.15) is 5.56 Å². The number of hydrogen-bond donors (Lipinski definition) is 1. The summed E-state index contributed by atoms with van der Waals surface area (Å²) in [5.74, 6) is 2.98. The lowest BCUT2D eigenvalue weighted by atomic mass is 10.2. The van der Waals surface area contributed by atoms with Gasteiger partial charge < -0.3 is 18.9 Å². The zero-order valence-corrected chi connectivity index (χ0v) is 16.7. The van der Waals surface area contributed by atoms with Gasteiger partial charge in [0.05, 0.1) is 40.2 Å². The van der Waals surface area contributed by atoms with Gasteiger partial charge >= 0.3 is 0 Å². The van der Waals surface area contributed by atoms with Crippen molar-refractivity contribution in [2.24, 2.45) is 5.10 Å².